The third-order valence-corrected chi connectivity index (χ3v) is 3.09. The van der Waals surface area contributed by atoms with Crippen LogP contribution < -0.4 is 11.3 Å². The number of pyridine rings is 1. The van der Waals surface area contributed by atoms with Crippen LogP contribution in [0, 0.1) is 0 Å². The summed E-state index contributed by atoms with van der Waals surface area (Å²) in [5, 5.41) is 0. The quantitative estimate of drug-likeness (QED) is 0.659. The molecule has 2 heterocycles. The number of aryl methyl sites for hydroxylation is 1. The molecule has 1 unspecified atom stereocenters. The number of halogens is 1. The van der Waals surface area contributed by atoms with Crippen LogP contribution >= 0.6 is 15.9 Å². The van der Waals surface area contributed by atoms with Crippen molar-refractivity contribution in [3.05, 3.63) is 46.7 Å². The van der Waals surface area contributed by atoms with Crippen LogP contribution in [0.25, 0.3) is 0 Å². The molecule has 1 atom stereocenters. The third kappa shape index (κ3) is 2.91. The Balaban J connectivity index is 2.17. The zero-order valence-corrected chi connectivity index (χ0v) is 11.1. The van der Waals surface area contributed by atoms with Crippen LogP contribution in [-0.2, 0) is 13.5 Å². The Labute approximate surface area is 108 Å². The Morgan fingerprint density at radius 3 is 2.82 bits per heavy atom. The Bertz CT molecular complexity index is 479. The Hall–Kier alpha value is -1.24. The molecule has 0 fully saturated rings. The highest BCUT2D eigenvalue weighted by Gasteiger charge is 2.14. The molecule has 3 N–H and O–H groups in total. The molecule has 17 heavy (non-hydrogen) atoms. The summed E-state index contributed by atoms with van der Waals surface area (Å²) in [6, 6.07) is 3.85. The molecule has 6 heteroatoms. The van der Waals surface area contributed by atoms with E-state index in [-0.39, 0.29) is 6.04 Å². The lowest BCUT2D eigenvalue weighted by atomic mass is 10.1. The number of hydrogen-bond acceptors (Lipinski definition) is 4. The zero-order valence-electron chi connectivity index (χ0n) is 9.47. The second-order valence-corrected chi connectivity index (χ2v) is 4.69. The maximum absolute atomic E-state index is 5.57. The van der Waals surface area contributed by atoms with E-state index in [9.17, 15) is 0 Å². The lowest BCUT2D eigenvalue weighted by Crippen LogP contribution is -2.30. The predicted molar refractivity (Wildman–Crippen MR) is 68.9 cm³/mol. The van der Waals surface area contributed by atoms with Crippen molar-refractivity contribution in [2.75, 3.05) is 0 Å². The number of nitrogens with two attached hydrogens (primary N) is 1. The SMILES string of the molecule is Cn1ccnc1CC(NN)c1ccc(Br)cn1. The largest absolute Gasteiger partial charge is 0.338 e. The number of rotatable bonds is 4. The van der Waals surface area contributed by atoms with Crippen molar-refractivity contribution in [3.8, 4) is 0 Å². The van der Waals surface area contributed by atoms with Gasteiger partial charge >= 0.3 is 0 Å². The Kier molecular flexibility index (Phi) is 3.88. The van der Waals surface area contributed by atoms with Gasteiger partial charge in [-0.3, -0.25) is 16.3 Å². The first kappa shape index (κ1) is 12.2. The second-order valence-electron chi connectivity index (χ2n) is 3.78. The molecule has 2 aromatic rings. The number of hydrogen-bond donors (Lipinski definition) is 2. The average Bonchev–Trinajstić information content (AvgIpc) is 2.73. The van der Waals surface area contributed by atoms with E-state index in [2.05, 4.69) is 31.3 Å². The molecule has 0 radical (unpaired) electrons. The zero-order chi connectivity index (χ0) is 12.3. The van der Waals surface area contributed by atoms with Gasteiger partial charge in [-0.15, -0.1) is 0 Å². The van der Waals surface area contributed by atoms with Crippen molar-refractivity contribution < 1.29 is 0 Å². The first-order valence-electron chi connectivity index (χ1n) is 5.24. The number of imidazole rings is 1. The highest BCUT2D eigenvalue weighted by atomic mass is 79.9. The number of hydrazine groups is 1. The highest BCUT2D eigenvalue weighted by Crippen LogP contribution is 2.16. The monoisotopic (exact) mass is 295 g/mol. The maximum Gasteiger partial charge on any atom is 0.110 e. The average molecular weight is 296 g/mol. The first-order chi connectivity index (χ1) is 8.20. The molecule has 0 aliphatic carbocycles. The van der Waals surface area contributed by atoms with Crippen LogP contribution in [0.5, 0.6) is 0 Å². The van der Waals surface area contributed by atoms with Gasteiger partial charge in [0, 0.05) is 36.5 Å². The van der Waals surface area contributed by atoms with E-state index in [0.717, 1.165) is 16.0 Å². The van der Waals surface area contributed by atoms with Gasteiger partial charge in [-0.25, -0.2) is 4.98 Å². The van der Waals surface area contributed by atoms with E-state index in [0.29, 0.717) is 6.42 Å². The van der Waals surface area contributed by atoms with E-state index in [4.69, 9.17) is 5.84 Å². The van der Waals surface area contributed by atoms with Crippen LogP contribution in [0.2, 0.25) is 0 Å². The topological polar surface area (TPSA) is 68.8 Å². The van der Waals surface area contributed by atoms with Gasteiger partial charge in [0.25, 0.3) is 0 Å². The molecular weight excluding hydrogens is 282 g/mol. The normalized spacial score (nSPS) is 12.6. The fourth-order valence-corrected chi connectivity index (χ4v) is 1.85. The molecule has 2 rings (SSSR count). The fourth-order valence-electron chi connectivity index (χ4n) is 1.62. The minimum Gasteiger partial charge on any atom is -0.338 e. The number of nitrogens with zero attached hydrogens (tertiary/aromatic N) is 3. The summed E-state index contributed by atoms with van der Waals surface area (Å²) in [5.41, 5.74) is 3.67. The number of nitrogens with one attached hydrogen (secondary N) is 1. The molecule has 0 aromatic carbocycles. The van der Waals surface area contributed by atoms with E-state index < -0.39 is 0 Å². The summed E-state index contributed by atoms with van der Waals surface area (Å²) in [6.45, 7) is 0. The summed E-state index contributed by atoms with van der Waals surface area (Å²) in [7, 11) is 1.96. The van der Waals surface area contributed by atoms with Crippen molar-refractivity contribution in [1.29, 1.82) is 0 Å². The van der Waals surface area contributed by atoms with Crippen LogP contribution in [0.3, 0.4) is 0 Å². The number of aromatic nitrogens is 3. The van der Waals surface area contributed by atoms with Gasteiger partial charge in [0.05, 0.1) is 11.7 Å². The summed E-state index contributed by atoms with van der Waals surface area (Å²) in [5.74, 6) is 6.54. The molecule has 0 aliphatic rings. The minimum absolute atomic E-state index is 0.0378. The molecule has 0 spiro atoms. The lowest BCUT2D eigenvalue weighted by Gasteiger charge is -2.15. The highest BCUT2D eigenvalue weighted by molar-refractivity contribution is 9.10. The molecule has 5 nitrogen and oxygen atoms in total. The van der Waals surface area contributed by atoms with Gasteiger partial charge in [-0.05, 0) is 28.1 Å². The Morgan fingerprint density at radius 1 is 1.47 bits per heavy atom. The van der Waals surface area contributed by atoms with Crippen molar-refractivity contribution in [1.82, 2.24) is 20.0 Å². The molecule has 0 saturated heterocycles. The van der Waals surface area contributed by atoms with Crippen LogP contribution in [0.4, 0.5) is 0 Å². The summed E-state index contributed by atoms with van der Waals surface area (Å²) in [6.07, 6.45) is 6.16. The van der Waals surface area contributed by atoms with Gasteiger partial charge in [0.2, 0.25) is 0 Å². The van der Waals surface area contributed by atoms with Gasteiger partial charge in [0.15, 0.2) is 0 Å². The van der Waals surface area contributed by atoms with Crippen molar-refractivity contribution in [2.45, 2.75) is 12.5 Å². The molecule has 0 amide bonds. The van der Waals surface area contributed by atoms with Crippen LogP contribution in [0.1, 0.15) is 17.6 Å². The molecule has 0 bridgehead atoms. The summed E-state index contributed by atoms with van der Waals surface area (Å²) in [4.78, 5) is 8.61. The molecule has 90 valence electrons. The standard InChI is InChI=1S/C11H14BrN5/c1-17-5-4-14-11(17)6-10(16-13)9-3-2-8(12)7-15-9/h2-5,7,10,16H,6,13H2,1H3. The van der Waals surface area contributed by atoms with E-state index in [1.54, 1.807) is 12.4 Å². The van der Waals surface area contributed by atoms with E-state index >= 15 is 0 Å². The van der Waals surface area contributed by atoms with Gasteiger partial charge in [-0.2, -0.15) is 0 Å². The third-order valence-electron chi connectivity index (χ3n) is 2.62. The fraction of sp³-hybridized carbons (Fsp3) is 0.273. The Morgan fingerprint density at radius 2 is 2.29 bits per heavy atom. The van der Waals surface area contributed by atoms with Crippen molar-refractivity contribution >= 4 is 15.9 Å². The van der Waals surface area contributed by atoms with Crippen LogP contribution in [0.15, 0.2) is 35.2 Å². The van der Waals surface area contributed by atoms with Crippen molar-refractivity contribution in [2.24, 2.45) is 12.9 Å². The summed E-state index contributed by atoms with van der Waals surface area (Å²) >= 11 is 3.36. The lowest BCUT2D eigenvalue weighted by molar-refractivity contribution is 0.518. The predicted octanol–water partition coefficient (Wildman–Crippen LogP) is 1.32. The van der Waals surface area contributed by atoms with E-state index in [1.807, 2.05) is 29.9 Å². The van der Waals surface area contributed by atoms with Gasteiger partial charge < -0.3 is 4.57 Å². The van der Waals surface area contributed by atoms with Crippen molar-refractivity contribution in [3.63, 3.8) is 0 Å². The van der Waals surface area contributed by atoms with Gasteiger partial charge in [0.1, 0.15) is 5.82 Å². The minimum atomic E-state index is -0.0378. The smallest absolute Gasteiger partial charge is 0.110 e. The molecular formula is C11H14BrN5. The van der Waals surface area contributed by atoms with Crippen LogP contribution in [-0.4, -0.2) is 14.5 Å². The van der Waals surface area contributed by atoms with Gasteiger partial charge in [-0.1, -0.05) is 0 Å². The molecule has 0 saturated carbocycles. The second kappa shape index (κ2) is 5.39. The first-order valence-corrected chi connectivity index (χ1v) is 6.04. The molecule has 2 aromatic heterocycles. The van der Waals surface area contributed by atoms with E-state index in [1.165, 1.54) is 0 Å². The maximum atomic E-state index is 5.57. The molecule has 0 aliphatic heterocycles. The summed E-state index contributed by atoms with van der Waals surface area (Å²) < 4.78 is 2.93.